The molecule has 1 aromatic carbocycles. The maximum atomic E-state index is 3.23. The highest BCUT2D eigenvalue weighted by atomic mass is 15.2. The van der Waals surface area contributed by atoms with Gasteiger partial charge >= 0.3 is 0 Å². The quantitative estimate of drug-likeness (QED) is 0.897. The lowest BCUT2D eigenvalue weighted by molar-refractivity contribution is 0.258. The Morgan fingerprint density at radius 1 is 1.37 bits per heavy atom. The Morgan fingerprint density at radius 2 is 2.16 bits per heavy atom. The molecule has 1 N–H and O–H groups in total. The lowest BCUT2D eigenvalue weighted by atomic mass is 10.0. The second kappa shape index (κ2) is 6.40. The van der Waals surface area contributed by atoms with Gasteiger partial charge in [0.05, 0.1) is 0 Å². The van der Waals surface area contributed by atoms with E-state index in [-0.39, 0.29) is 0 Å². The number of hydrogen-bond donors (Lipinski definition) is 1. The van der Waals surface area contributed by atoms with E-state index < -0.39 is 0 Å². The zero-order chi connectivity index (χ0) is 13.8. The average molecular weight is 261 g/mol. The van der Waals surface area contributed by atoms with Gasteiger partial charge in [0.1, 0.15) is 0 Å². The van der Waals surface area contributed by atoms with E-state index in [0.717, 1.165) is 13.1 Å². The zero-order valence-corrected chi connectivity index (χ0v) is 12.7. The van der Waals surface area contributed by atoms with Gasteiger partial charge in [0, 0.05) is 31.4 Å². The van der Waals surface area contributed by atoms with Gasteiger partial charge in [-0.3, -0.25) is 0 Å². The van der Waals surface area contributed by atoms with Crippen LogP contribution in [-0.2, 0) is 6.54 Å². The van der Waals surface area contributed by atoms with Gasteiger partial charge < -0.3 is 15.1 Å². The number of nitrogens with one attached hydrogen (secondary N) is 1. The number of rotatable bonds is 4. The fourth-order valence-electron chi connectivity index (χ4n) is 2.88. The molecule has 1 saturated heterocycles. The maximum absolute atomic E-state index is 3.23. The van der Waals surface area contributed by atoms with E-state index in [4.69, 9.17) is 0 Å². The van der Waals surface area contributed by atoms with Gasteiger partial charge in [-0.25, -0.2) is 0 Å². The van der Waals surface area contributed by atoms with Crippen molar-refractivity contribution in [1.29, 1.82) is 0 Å². The molecule has 2 rings (SSSR count). The Balaban J connectivity index is 2.11. The molecule has 1 aromatic rings. The van der Waals surface area contributed by atoms with E-state index in [1.54, 1.807) is 0 Å². The molecule has 1 atom stereocenters. The van der Waals surface area contributed by atoms with Gasteiger partial charge in [0.25, 0.3) is 0 Å². The summed E-state index contributed by atoms with van der Waals surface area (Å²) in [6.45, 7) is 5.50. The van der Waals surface area contributed by atoms with Crippen LogP contribution >= 0.6 is 0 Å². The Labute approximate surface area is 117 Å². The molecule has 3 heteroatoms. The SMILES string of the molecule is CNCc1ccc(N2CCCC(N(C)C)C2)cc1C. The second-order valence-electron chi connectivity index (χ2n) is 5.85. The van der Waals surface area contributed by atoms with Crippen LogP contribution in [0.2, 0.25) is 0 Å². The Kier molecular flexibility index (Phi) is 4.83. The van der Waals surface area contributed by atoms with E-state index in [2.05, 4.69) is 54.3 Å². The third kappa shape index (κ3) is 3.48. The monoisotopic (exact) mass is 261 g/mol. The van der Waals surface area contributed by atoms with Gasteiger partial charge in [-0.15, -0.1) is 0 Å². The van der Waals surface area contributed by atoms with Gasteiger partial charge in [0.2, 0.25) is 0 Å². The molecule has 0 spiro atoms. The molecule has 106 valence electrons. The molecule has 19 heavy (non-hydrogen) atoms. The van der Waals surface area contributed by atoms with Crippen LogP contribution in [0, 0.1) is 6.92 Å². The number of piperidine rings is 1. The highest BCUT2D eigenvalue weighted by molar-refractivity contribution is 5.51. The summed E-state index contributed by atoms with van der Waals surface area (Å²) >= 11 is 0. The van der Waals surface area contributed by atoms with E-state index >= 15 is 0 Å². The molecule has 1 aliphatic rings. The summed E-state index contributed by atoms with van der Waals surface area (Å²) in [7, 11) is 6.38. The number of anilines is 1. The number of likely N-dealkylation sites (N-methyl/N-ethyl adjacent to an activating group) is 1. The predicted octanol–water partition coefficient (Wildman–Crippen LogP) is 2.24. The second-order valence-corrected chi connectivity index (χ2v) is 5.85. The lowest BCUT2D eigenvalue weighted by Gasteiger charge is -2.37. The van der Waals surface area contributed by atoms with Crippen molar-refractivity contribution in [3.05, 3.63) is 29.3 Å². The molecule has 0 radical (unpaired) electrons. The number of benzene rings is 1. The normalized spacial score (nSPS) is 20.1. The van der Waals surface area contributed by atoms with E-state index in [1.165, 1.54) is 36.2 Å². The molecular formula is C16H27N3. The molecule has 1 unspecified atom stereocenters. The highest BCUT2D eigenvalue weighted by Crippen LogP contribution is 2.24. The minimum absolute atomic E-state index is 0.686. The lowest BCUT2D eigenvalue weighted by Crippen LogP contribution is -2.45. The standard InChI is InChI=1S/C16H27N3/c1-13-10-15(8-7-14(13)11-17-2)19-9-5-6-16(12-19)18(3)4/h7-8,10,16-17H,5-6,9,11-12H2,1-4H3. The van der Waals surface area contributed by atoms with Crippen LogP contribution in [-0.4, -0.2) is 45.2 Å². The largest absolute Gasteiger partial charge is 0.370 e. The van der Waals surface area contributed by atoms with Crippen LogP contribution < -0.4 is 10.2 Å². The van der Waals surface area contributed by atoms with Crippen molar-refractivity contribution in [3.63, 3.8) is 0 Å². The predicted molar refractivity (Wildman–Crippen MR) is 82.9 cm³/mol. The number of nitrogens with zero attached hydrogens (tertiary/aromatic N) is 2. The van der Waals surface area contributed by atoms with Crippen LogP contribution in [0.25, 0.3) is 0 Å². The summed E-state index contributed by atoms with van der Waals surface area (Å²) in [6, 6.07) is 7.56. The average Bonchev–Trinajstić information content (AvgIpc) is 2.41. The van der Waals surface area contributed by atoms with Gasteiger partial charge in [-0.05, 0) is 64.2 Å². The third-order valence-electron chi connectivity index (χ3n) is 4.19. The van der Waals surface area contributed by atoms with Gasteiger partial charge in [-0.1, -0.05) is 6.07 Å². The van der Waals surface area contributed by atoms with Gasteiger partial charge in [-0.2, -0.15) is 0 Å². The summed E-state index contributed by atoms with van der Waals surface area (Å²) in [5.41, 5.74) is 4.16. The molecule has 1 aliphatic heterocycles. The Bertz CT molecular complexity index is 414. The van der Waals surface area contributed by atoms with Crippen molar-refractivity contribution in [1.82, 2.24) is 10.2 Å². The first-order chi connectivity index (χ1) is 9.11. The summed E-state index contributed by atoms with van der Waals surface area (Å²) < 4.78 is 0. The zero-order valence-electron chi connectivity index (χ0n) is 12.7. The highest BCUT2D eigenvalue weighted by Gasteiger charge is 2.21. The molecule has 3 nitrogen and oxygen atoms in total. The molecule has 0 aromatic heterocycles. The van der Waals surface area contributed by atoms with Crippen LogP contribution in [0.1, 0.15) is 24.0 Å². The van der Waals surface area contributed by atoms with Crippen molar-refractivity contribution in [2.45, 2.75) is 32.4 Å². The summed E-state index contributed by atoms with van der Waals surface area (Å²) in [5, 5.41) is 3.23. The molecular weight excluding hydrogens is 234 g/mol. The van der Waals surface area contributed by atoms with Crippen molar-refractivity contribution in [2.75, 3.05) is 39.1 Å². The summed E-state index contributed by atoms with van der Waals surface area (Å²) in [5.74, 6) is 0. The fourth-order valence-corrected chi connectivity index (χ4v) is 2.88. The number of aryl methyl sites for hydroxylation is 1. The molecule has 1 heterocycles. The Hall–Kier alpha value is -1.06. The van der Waals surface area contributed by atoms with Crippen molar-refractivity contribution in [3.8, 4) is 0 Å². The third-order valence-corrected chi connectivity index (χ3v) is 4.19. The minimum Gasteiger partial charge on any atom is -0.370 e. The van der Waals surface area contributed by atoms with Crippen LogP contribution in [0.5, 0.6) is 0 Å². The van der Waals surface area contributed by atoms with Crippen molar-refractivity contribution in [2.24, 2.45) is 0 Å². The smallest absolute Gasteiger partial charge is 0.0369 e. The molecule has 0 bridgehead atoms. The van der Waals surface area contributed by atoms with Crippen LogP contribution in [0.15, 0.2) is 18.2 Å². The number of hydrogen-bond acceptors (Lipinski definition) is 3. The van der Waals surface area contributed by atoms with E-state index in [1.807, 2.05) is 7.05 Å². The minimum atomic E-state index is 0.686. The summed E-state index contributed by atoms with van der Waals surface area (Å²) in [4.78, 5) is 4.89. The Morgan fingerprint density at radius 3 is 2.79 bits per heavy atom. The topological polar surface area (TPSA) is 18.5 Å². The maximum Gasteiger partial charge on any atom is 0.0369 e. The molecule has 0 aliphatic carbocycles. The first-order valence-electron chi connectivity index (χ1n) is 7.27. The van der Waals surface area contributed by atoms with Crippen molar-refractivity contribution < 1.29 is 0 Å². The molecule has 1 fully saturated rings. The van der Waals surface area contributed by atoms with Gasteiger partial charge in [0.15, 0.2) is 0 Å². The first-order valence-corrected chi connectivity index (χ1v) is 7.27. The van der Waals surface area contributed by atoms with Crippen molar-refractivity contribution >= 4 is 5.69 Å². The first kappa shape index (κ1) is 14.4. The fraction of sp³-hybridized carbons (Fsp3) is 0.625. The van der Waals surface area contributed by atoms with Crippen LogP contribution in [0.3, 0.4) is 0 Å². The van der Waals surface area contributed by atoms with E-state index in [0.29, 0.717) is 6.04 Å². The summed E-state index contributed by atoms with van der Waals surface area (Å²) in [6.07, 6.45) is 2.61. The van der Waals surface area contributed by atoms with Crippen LogP contribution in [0.4, 0.5) is 5.69 Å². The molecule has 0 amide bonds. The molecule has 0 saturated carbocycles. The van der Waals surface area contributed by atoms with E-state index in [9.17, 15) is 0 Å².